The lowest BCUT2D eigenvalue weighted by Gasteiger charge is -2.26. The predicted octanol–water partition coefficient (Wildman–Crippen LogP) is 2.59. The van der Waals surface area contributed by atoms with Crippen LogP contribution < -0.4 is 5.32 Å². The van der Waals surface area contributed by atoms with E-state index in [1.54, 1.807) is 33.0 Å². The number of amides is 1. The first-order chi connectivity index (χ1) is 9.92. The first kappa shape index (κ1) is 20.0. The Hall–Kier alpha value is -1.97. The molecule has 0 bridgehead atoms. The third kappa shape index (κ3) is 7.16. The van der Waals surface area contributed by atoms with Crippen molar-refractivity contribution in [3.63, 3.8) is 0 Å². The van der Waals surface area contributed by atoms with Gasteiger partial charge < -0.3 is 10.1 Å². The summed E-state index contributed by atoms with van der Waals surface area (Å²) in [5.41, 5.74) is -0.904. The molecule has 0 aliphatic rings. The summed E-state index contributed by atoms with van der Waals surface area (Å²) < 4.78 is 42.3. The summed E-state index contributed by atoms with van der Waals surface area (Å²) in [4.78, 5) is 23.2. The van der Waals surface area contributed by atoms with Crippen molar-refractivity contribution in [1.29, 1.82) is 0 Å². The zero-order valence-electron chi connectivity index (χ0n) is 13.2. The van der Waals surface area contributed by atoms with Gasteiger partial charge in [-0.15, -0.1) is 5.92 Å². The number of halogens is 3. The Bertz CT molecular complexity index is 493. The number of carbonyl (C=O) groups is 2. The molecular formula is C15H20F3NO3. The molecule has 0 heterocycles. The Morgan fingerprint density at radius 3 is 2.14 bits per heavy atom. The van der Waals surface area contributed by atoms with Crippen LogP contribution in [0, 0.1) is 17.8 Å². The second kappa shape index (κ2) is 7.87. The van der Waals surface area contributed by atoms with Crippen LogP contribution in [0.1, 0.15) is 34.6 Å². The van der Waals surface area contributed by atoms with Gasteiger partial charge in [0.25, 0.3) is 0 Å². The molecule has 7 heteroatoms. The number of ether oxygens (including phenoxy) is 1. The number of rotatable bonds is 4. The molecule has 2 atom stereocenters. The molecule has 0 saturated carbocycles. The van der Waals surface area contributed by atoms with Crippen molar-refractivity contribution in [3.05, 3.63) is 12.2 Å². The summed E-state index contributed by atoms with van der Waals surface area (Å²) in [7, 11) is 0. The van der Waals surface area contributed by atoms with Gasteiger partial charge in [0.2, 0.25) is 0 Å². The molecule has 1 amide bonds. The smallest absolute Gasteiger partial charge is 0.458 e. The van der Waals surface area contributed by atoms with E-state index >= 15 is 0 Å². The lowest BCUT2D eigenvalue weighted by molar-refractivity contribution is -0.177. The molecule has 0 fully saturated rings. The van der Waals surface area contributed by atoms with Crippen LogP contribution in [0.4, 0.5) is 13.2 Å². The number of hydrogen-bond acceptors (Lipinski definition) is 3. The Balaban J connectivity index is 5.50. The van der Waals surface area contributed by atoms with Crippen LogP contribution in [0.3, 0.4) is 0 Å². The third-order valence-corrected chi connectivity index (χ3v) is 2.27. The van der Waals surface area contributed by atoms with E-state index in [-0.39, 0.29) is 0 Å². The highest BCUT2D eigenvalue weighted by Crippen LogP contribution is 2.18. The number of allylic oxidation sites excluding steroid dienone is 1. The molecule has 0 radical (unpaired) electrons. The predicted molar refractivity (Wildman–Crippen MR) is 75.6 cm³/mol. The topological polar surface area (TPSA) is 55.4 Å². The van der Waals surface area contributed by atoms with Crippen LogP contribution in [-0.2, 0) is 14.3 Å². The van der Waals surface area contributed by atoms with Crippen molar-refractivity contribution in [2.75, 3.05) is 0 Å². The monoisotopic (exact) mass is 319 g/mol. The highest BCUT2D eigenvalue weighted by Gasteiger charge is 2.43. The van der Waals surface area contributed by atoms with E-state index in [9.17, 15) is 22.8 Å². The molecule has 0 saturated heterocycles. The van der Waals surface area contributed by atoms with Gasteiger partial charge in [0, 0.05) is 0 Å². The Morgan fingerprint density at radius 1 is 1.23 bits per heavy atom. The van der Waals surface area contributed by atoms with Crippen molar-refractivity contribution in [2.45, 2.75) is 52.4 Å². The van der Waals surface area contributed by atoms with E-state index in [0.29, 0.717) is 0 Å². The molecule has 0 aromatic rings. The summed E-state index contributed by atoms with van der Waals surface area (Å²) in [5, 5.41) is 1.66. The quantitative estimate of drug-likeness (QED) is 0.492. The number of hydrogen-bond donors (Lipinski definition) is 1. The van der Waals surface area contributed by atoms with E-state index in [0.717, 1.165) is 0 Å². The van der Waals surface area contributed by atoms with E-state index in [2.05, 4.69) is 11.8 Å². The zero-order chi connectivity index (χ0) is 17.6. The van der Waals surface area contributed by atoms with E-state index in [1.807, 2.05) is 0 Å². The molecule has 124 valence electrons. The minimum Gasteiger partial charge on any atom is -0.458 e. The van der Waals surface area contributed by atoms with Gasteiger partial charge in [-0.05, 0) is 34.6 Å². The van der Waals surface area contributed by atoms with E-state index in [1.165, 1.54) is 19.1 Å². The van der Waals surface area contributed by atoms with Crippen molar-refractivity contribution < 1.29 is 27.5 Å². The molecular weight excluding hydrogens is 299 g/mol. The maximum absolute atomic E-state index is 12.4. The normalized spacial score (nSPS) is 14.7. The largest absolute Gasteiger partial charge is 0.471 e. The van der Waals surface area contributed by atoms with Gasteiger partial charge in [0.15, 0.2) is 0 Å². The van der Waals surface area contributed by atoms with Crippen LogP contribution in [-0.4, -0.2) is 29.7 Å². The van der Waals surface area contributed by atoms with Crippen LogP contribution in [0.15, 0.2) is 12.2 Å². The van der Waals surface area contributed by atoms with Gasteiger partial charge in [-0.3, -0.25) is 4.79 Å². The SMILES string of the molecule is CC#CC(C=CC)C(NC(=O)C(F)(F)F)C(=O)OC(C)(C)C. The van der Waals surface area contributed by atoms with Gasteiger partial charge in [0.1, 0.15) is 11.6 Å². The summed E-state index contributed by atoms with van der Waals surface area (Å²) in [6, 6.07) is -1.54. The minimum absolute atomic E-state index is 0.904. The van der Waals surface area contributed by atoms with Crippen molar-refractivity contribution in [1.82, 2.24) is 5.32 Å². The lowest BCUT2D eigenvalue weighted by Crippen LogP contribution is -2.51. The highest BCUT2D eigenvalue weighted by atomic mass is 19.4. The minimum atomic E-state index is -5.10. The molecule has 1 N–H and O–H groups in total. The summed E-state index contributed by atoms with van der Waals surface area (Å²) >= 11 is 0. The molecule has 0 aromatic heterocycles. The van der Waals surface area contributed by atoms with Gasteiger partial charge in [-0.2, -0.15) is 13.2 Å². The molecule has 0 spiro atoms. The molecule has 0 aliphatic carbocycles. The van der Waals surface area contributed by atoms with Crippen LogP contribution >= 0.6 is 0 Å². The Labute approximate surface area is 128 Å². The number of esters is 1. The van der Waals surface area contributed by atoms with Gasteiger partial charge in [-0.25, -0.2) is 4.79 Å². The van der Waals surface area contributed by atoms with Gasteiger partial charge >= 0.3 is 18.1 Å². The van der Waals surface area contributed by atoms with Crippen molar-refractivity contribution in [2.24, 2.45) is 5.92 Å². The number of nitrogens with one attached hydrogen (secondary N) is 1. The number of carbonyl (C=O) groups excluding carboxylic acids is 2. The lowest BCUT2D eigenvalue weighted by atomic mass is 9.99. The maximum atomic E-state index is 12.4. The zero-order valence-corrected chi connectivity index (χ0v) is 13.2. The van der Waals surface area contributed by atoms with Gasteiger partial charge in [-0.1, -0.05) is 18.1 Å². The summed E-state index contributed by atoms with van der Waals surface area (Å²) in [6.07, 6.45) is -2.13. The Kier molecular flexibility index (Phi) is 7.17. The average Bonchev–Trinajstić information content (AvgIpc) is 2.32. The second-order valence-electron chi connectivity index (χ2n) is 5.43. The summed E-state index contributed by atoms with van der Waals surface area (Å²) in [5.74, 6) is 1.00. The molecule has 0 aliphatic heterocycles. The van der Waals surface area contributed by atoms with Crippen molar-refractivity contribution in [3.8, 4) is 11.8 Å². The molecule has 4 nitrogen and oxygen atoms in total. The molecule has 0 aromatic carbocycles. The standard InChI is InChI=1S/C15H20F3NO3/c1-6-8-10(9-7-2)11(12(20)22-14(3,4)5)19-13(21)15(16,17)18/h6,8,10-11H,1-5H3,(H,19,21). The molecule has 22 heavy (non-hydrogen) atoms. The second-order valence-corrected chi connectivity index (χ2v) is 5.43. The average molecular weight is 319 g/mol. The maximum Gasteiger partial charge on any atom is 0.471 e. The fourth-order valence-corrected chi connectivity index (χ4v) is 1.50. The van der Waals surface area contributed by atoms with Gasteiger partial charge in [0.05, 0.1) is 5.92 Å². The first-order valence-electron chi connectivity index (χ1n) is 6.58. The highest BCUT2D eigenvalue weighted by molar-refractivity contribution is 5.88. The van der Waals surface area contributed by atoms with Crippen LogP contribution in [0.25, 0.3) is 0 Å². The van der Waals surface area contributed by atoms with E-state index < -0.39 is 35.6 Å². The Morgan fingerprint density at radius 2 is 1.77 bits per heavy atom. The van der Waals surface area contributed by atoms with E-state index in [4.69, 9.17) is 4.74 Å². The molecule has 0 rings (SSSR count). The number of alkyl halides is 3. The first-order valence-corrected chi connectivity index (χ1v) is 6.58. The fraction of sp³-hybridized carbons (Fsp3) is 0.600. The molecule has 2 unspecified atom stereocenters. The third-order valence-electron chi connectivity index (χ3n) is 2.27. The van der Waals surface area contributed by atoms with Crippen LogP contribution in [0.2, 0.25) is 0 Å². The van der Waals surface area contributed by atoms with Crippen molar-refractivity contribution >= 4 is 11.9 Å². The summed E-state index contributed by atoms with van der Waals surface area (Å²) in [6.45, 7) is 7.83. The fourth-order valence-electron chi connectivity index (χ4n) is 1.50. The van der Waals surface area contributed by atoms with Crippen LogP contribution in [0.5, 0.6) is 0 Å².